The highest BCUT2D eigenvalue weighted by molar-refractivity contribution is 5.94. The second-order valence-corrected chi connectivity index (χ2v) is 7.03. The lowest BCUT2D eigenvalue weighted by Crippen LogP contribution is -2.34. The summed E-state index contributed by atoms with van der Waals surface area (Å²) >= 11 is 0. The topological polar surface area (TPSA) is 76.7 Å². The zero-order valence-corrected chi connectivity index (χ0v) is 15.2. The fourth-order valence-electron chi connectivity index (χ4n) is 3.95. The van der Waals surface area contributed by atoms with E-state index in [0.717, 1.165) is 37.7 Å². The number of hydrogen-bond acceptors (Lipinski definition) is 6. The predicted molar refractivity (Wildman–Crippen MR) is 98.5 cm³/mol. The Labute approximate surface area is 152 Å². The van der Waals surface area contributed by atoms with E-state index in [1.54, 1.807) is 6.07 Å². The van der Waals surface area contributed by atoms with Crippen molar-refractivity contribution in [2.75, 3.05) is 11.9 Å². The molecule has 0 saturated carbocycles. The third-order valence-electron chi connectivity index (χ3n) is 5.26. The lowest BCUT2D eigenvalue weighted by Gasteiger charge is -2.22. The number of nitrogens with one attached hydrogen (secondary N) is 1. The van der Waals surface area contributed by atoms with Gasteiger partial charge in [0.05, 0.1) is 6.54 Å². The van der Waals surface area contributed by atoms with Gasteiger partial charge >= 0.3 is 0 Å². The molecule has 0 spiro atoms. The van der Waals surface area contributed by atoms with Crippen molar-refractivity contribution in [2.24, 2.45) is 4.99 Å². The Bertz CT molecular complexity index is 858. The summed E-state index contributed by atoms with van der Waals surface area (Å²) in [5.74, 6) is 0. The van der Waals surface area contributed by atoms with Crippen molar-refractivity contribution < 1.29 is 14.1 Å². The van der Waals surface area contributed by atoms with Gasteiger partial charge in [0, 0.05) is 11.8 Å². The number of carbonyl (C=O) groups excluding carboxylic acids is 1. The third kappa shape index (κ3) is 2.69. The maximum absolute atomic E-state index is 11.7. The van der Waals surface area contributed by atoms with Crippen molar-refractivity contribution in [1.29, 1.82) is 0 Å². The van der Waals surface area contributed by atoms with Crippen molar-refractivity contribution in [1.82, 2.24) is 5.16 Å². The van der Waals surface area contributed by atoms with Gasteiger partial charge in [0.15, 0.2) is 6.29 Å². The van der Waals surface area contributed by atoms with Gasteiger partial charge in [0.1, 0.15) is 12.0 Å². The Balaban J connectivity index is 1.65. The monoisotopic (exact) mass is 353 g/mol. The number of ether oxygens (including phenoxy) is 1. The summed E-state index contributed by atoms with van der Waals surface area (Å²) in [6.07, 6.45) is 7.59. The van der Waals surface area contributed by atoms with Gasteiger partial charge in [-0.1, -0.05) is 24.6 Å². The first-order valence-corrected chi connectivity index (χ1v) is 9.19. The van der Waals surface area contributed by atoms with Crippen molar-refractivity contribution in [3.8, 4) is 0 Å². The number of aromatic nitrogens is 1. The van der Waals surface area contributed by atoms with Crippen LogP contribution in [0.2, 0.25) is 0 Å². The Morgan fingerprint density at radius 1 is 1.38 bits per heavy atom. The van der Waals surface area contributed by atoms with Crippen LogP contribution in [0.15, 0.2) is 27.9 Å². The standard InChI is InChI=1S/C20H23N3O3/c1-3-5-15-13(2)10-14-6-4-7-16(14)18(15)22-19-21-11-20(12-24,26-19)17-8-9-25-23-17/h8-10,12H,3-7,11H2,1-2H3,(H,21,22). The summed E-state index contributed by atoms with van der Waals surface area (Å²) in [6.45, 7) is 4.54. The van der Waals surface area contributed by atoms with Crippen LogP contribution in [0.25, 0.3) is 0 Å². The Morgan fingerprint density at radius 2 is 2.27 bits per heavy atom. The molecule has 2 aromatic rings. The summed E-state index contributed by atoms with van der Waals surface area (Å²) in [5.41, 5.74) is 5.72. The summed E-state index contributed by atoms with van der Waals surface area (Å²) in [7, 11) is 0. The maximum atomic E-state index is 11.7. The number of aryl methyl sites for hydroxylation is 2. The van der Waals surface area contributed by atoms with E-state index in [1.165, 1.54) is 34.9 Å². The van der Waals surface area contributed by atoms with E-state index in [2.05, 4.69) is 35.4 Å². The number of benzene rings is 1. The highest BCUT2D eigenvalue weighted by Crippen LogP contribution is 2.36. The third-order valence-corrected chi connectivity index (χ3v) is 5.26. The molecule has 1 aliphatic heterocycles. The minimum Gasteiger partial charge on any atom is -0.442 e. The minimum atomic E-state index is -1.20. The van der Waals surface area contributed by atoms with Gasteiger partial charge < -0.3 is 14.6 Å². The zero-order valence-electron chi connectivity index (χ0n) is 15.2. The van der Waals surface area contributed by atoms with Crippen LogP contribution in [-0.2, 0) is 34.4 Å². The number of nitrogens with zero attached hydrogens (tertiary/aromatic N) is 2. The van der Waals surface area contributed by atoms with Crippen LogP contribution in [0, 0.1) is 6.92 Å². The summed E-state index contributed by atoms with van der Waals surface area (Å²) < 4.78 is 10.8. The van der Waals surface area contributed by atoms with E-state index in [4.69, 9.17) is 9.26 Å². The molecule has 0 fully saturated rings. The summed E-state index contributed by atoms with van der Waals surface area (Å²) in [4.78, 5) is 16.2. The molecule has 1 unspecified atom stereocenters. The maximum Gasteiger partial charge on any atom is 0.290 e. The molecule has 1 atom stereocenters. The Hall–Kier alpha value is -2.63. The fraction of sp³-hybridized carbons (Fsp3) is 0.450. The molecule has 1 aromatic carbocycles. The number of fused-ring (bicyclic) bond motifs is 1. The molecule has 2 aliphatic rings. The molecule has 2 heterocycles. The molecule has 1 N–H and O–H groups in total. The smallest absolute Gasteiger partial charge is 0.290 e. The van der Waals surface area contributed by atoms with Crippen molar-refractivity contribution in [3.05, 3.63) is 46.3 Å². The first-order valence-electron chi connectivity index (χ1n) is 9.19. The van der Waals surface area contributed by atoms with Crippen molar-refractivity contribution in [2.45, 2.75) is 51.6 Å². The van der Waals surface area contributed by atoms with Crippen molar-refractivity contribution >= 4 is 18.0 Å². The lowest BCUT2D eigenvalue weighted by molar-refractivity contribution is -0.121. The number of carbonyl (C=O) groups is 1. The normalized spacial score (nSPS) is 21.2. The van der Waals surface area contributed by atoms with Crippen molar-refractivity contribution in [3.63, 3.8) is 0 Å². The highest BCUT2D eigenvalue weighted by Gasteiger charge is 2.43. The van der Waals surface area contributed by atoms with Crippen LogP contribution >= 0.6 is 0 Å². The van der Waals surface area contributed by atoms with Gasteiger partial charge in [-0.25, -0.2) is 4.99 Å². The van der Waals surface area contributed by atoms with Crippen LogP contribution in [0.3, 0.4) is 0 Å². The molecule has 1 aliphatic carbocycles. The SMILES string of the molecule is CCCc1c(C)cc2c(c1NC1=NCC(C=O)(c3ccon3)O1)CCC2. The quantitative estimate of drug-likeness (QED) is 0.835. The number of hydrogen-bond donors (Lipinski definition) is 1. The number of aldehydes is 1. The van der Waals surface area contributed by atoms with E-state index in [1.807, 2.05) is 0 Å². The number of amidine groups is 1. The molecule has 0 radical (unpaired) electrons. The first-order chi connectivity index (χ1) is 12.7. The number of aliphatic imine (C=N–C) groups is 1. The first kappa shape index (κ1) is 16.8. The molecule has 26 heavy (non-hydrogen) atoms. The van der Waals surface area contributed by atoms with Crippen LogP contribution in [0.1, 0.15) is 47.7 Å². The molecule has 0 bridgehead atoms. The second-order valence-electron chi connectivity index (χ2n) is 7.03. The van der Waals surface area contributed by atoms with Gasteiger partial charge in [0.25, 0.3) is 6.02 Å². The molecule has 0 amide bonds. The van der Waals surface area contributed by atoms with E-state index < -0.39 is 5.60 Å². The second kappa shape index (κ2) is 6.59. The predicted octanol–water partition coefficient (Wildman–Crippen LogP) is 3.32. The van der Waals surface area contributed by atoms with Gasteiger partial charge in [-0.3, -0.25) is 4.79 Å². The van der Waals surface area contributed by atoms with Gasteiger partial charge in [-0.05, 0) is 54.9 Å². The van der Waals surface area contributed by atoms with E-state index in [9.17, 15) is 4.79 Å². The number of anilines is 1. The molecule has 0 saturated heterocycles. The van der Waals surface area contributed by atoms with E-state index in [-0.39, 0.29) is 6.54 Å². The Kier molecular flexibility index (Phi) is 4.26. The zero-order chi connectivity index (χ0) is 18.1. The van der Waals surface area contributed by atoms with Gasteiger partial charge in [0.2, 0.25) is 5.60 Å². The van der Waals surface area contributed by atoms with Gasteiger partial charge in [-0.15, -0.1) is 0 Å². The largest absolute Gasteiger partial charge is 0.442 e. The minimum absolute atomic E-state index is 0.197. The average molecular weight is 353 g/mol. The molecule has 6 nitrogen and oxygen atoms in total. The lowest BCUT2D eigenvalue weighted by atomic mass is 9.95. The summed E-state index contributed by atoms with van der Waals surface area (Å²) in [5, 5.41) is 7.27. The van der Waals surface area contributed by atoms with Crippen LogP contribution < -0.4 is 5.32 Å². The van der Waals surface area contributed by atoms with Crippen LogP contribution in [0.5, 0.6) is 0 Å². The molecular formula is C20H23N3O3. The molecule has 6 heteroatoms. The van der Waals surface area contributed by atoms with E-state index in [0.29, 0.717) is 11.7 Å². The molecule has 4 rings (SSSR count). The van der Waals surface area contributed by atoms with Gasteiger partial charge in [-0.2, -0.15) is 0 Å². The number of rotatable bonds is 5. The Morgan fingerprint density at radius 3 is 3.00 bits per heavy atom. The fourth-order valence-corrected chi connectivity index (χ4v) is 3.95. The van der Waals surface area contributed by atoms with Crippen LogP contribution in [-0.4, -0.2) is 24.0 Å². The van der Waals surface area contributed by atoms with Crippen LogP contribution in [0.4, 0.5) is 5.69 Å². The average Bonchev–Trinajstić information content (AvgIpc) is 3.37. The molecular weight excluding hydrogens is 330 g/mol. The summed E-state index contributed by atoms with van der Waals surface area (Å²) in [6, 6.07) is 4.33. The molecule has 1 aromatic heterocycles. The van der Waals surface area contributed by atoms with E-state index >= 15 is 0 Å². The highest BCUT2D eigenvalue weighted by atomic mass is 16.5. The molecule has 136 valence electrons.